The molecule has 2 nitrogen and oxygen atoms in total. The second-order valence-electron chi connectivity index (χ2n) is 4.01. The second kappa shape index (κ2) is 5.36. The summed E-state index contributed by atoms with van der Waals surface area (Å²) in [6, 6.07) is 8.22. The molecule has 0 fully saturated rings. The number of rotatable bonds is 3. The number of halogens is 3. The van der Waals surface area contributed by atoms with Gasteiger partial charge in [0, 0.05) is 0 Å². The SMILES string of the molecule is O=C(O)Cc1cc(-c2ccc(F)c(Cl)c2)ccc1F. The van der Waals surface area contributed by atoms with Crippen LogP contribution in [0.2, 0.25) is 5.02 Å². The molecule has 1 N–H and O–H groups in total. The van der Waals surface area contributed by atoms with Gasteiger partial charge in [-0.3, -0.25) is 4.79 Å². The van der Waals surface area contributed by atoms with Gasteiger partial charge in [-0.1, -0.05) is 23.7 Å². The molecule has 5 heteroatoms. The molecule has 0 amide bonds. The van der Waals surface area contributed by atoms with E-state index in [1.807, 2.05) is 0 Å². The first kappa shape index (κ1) is 13.5. The van der Waals surface area contributed by atoms with Gasteiger partial charge in [0.15, 0.2) is 0 Å². The largest absolute Gasteiger partial charge is 0.481 e. The Labute approximate surface area is 113 Å². The zero-order chi connectivity index (χ0) is 14.0. The van der Waals surface area contributed by atoms with Gasteiger partial charge in [0.05, 0.1) is 11.4 Å². The molecule has 0 aromatic heterocycles. The maximum Gasteiger partial charge on any atom is 0.307 e. The second-order valence-corrected chi connectivity index (χ2v) is 4.41. The van der Waals surface area contributed by atoms with E-state index in [0.29, 0.717) is 11.1 Å². The van der Waals surface area contributed by atoms with Gasteiger partial charge in [-0.2, -0.15) is 0 Å². The molecule has 2 aromatic rings. The van der Waals surface area contributed by atoms with Gasteiger partial charge in [0.2, 0.25) is 0 Å². The third-order valence-electron chi connectivity index (χ3n) is 2.64. The smallest absolute Gasteiger partial charge is 0.307 e. The van der Waals surface area contributed by atoms with E-state index in [9.17, 15) is 13.6 Å². The van der Waals surface area contributed by atoms with Crippen LogP contribution in [-0.2, 0) is 11.2 Å². The summed E-state index contributed by atoms with van der Waals surface area (Å²) in [4.78, 5) is 10.6. The molecule has 0 unspecified atom stereocenters. The van der Waals surface area contributed by atoms with Crippen molar-refractivity contribution >= 4 is 17.6 Å². The molecule has 0 saturated carbocycles. The lowest BCUT2D eigenvalue weighted by molar-refractivity contribution is -0.136. The fraction of sp³-hybridized carbons (Fsp3) is 0.0714. The Bertz CT molecular complexity index is 641. The summed E-state index contributed by atoms with van der Waals surface area (Å²) in [5.41, 5.74) is 1.25. The van der Waals surface area contributed by atoms with Gasteiger partial charge in [-0.15, -0.1) is 0 Å². The first-order chi connectivity index (χ1) is 8.97. The highest BCUT2D eigenvalue weighted by Crippen LogP contribution is 2.26. The Kier molecular flexibility index (Phi) is 3.81. The van der Waals surface area contributed by atoms with Crippen LogP contribution in [0, 0.1) is 11.6 Å². The van der Waals surface area contributed by atoms with Crippen molar-refractivity contribution in [1.29, 1.82) is 0 Å². The van der Waals surface area contributed by atoms with E-state index in [-0.39, 0.29) is 10.6 Å². The Morgan fingerprint density at radius 1 is 1.05 bits per heavy atom. The summed E-state index contributed by atoms with van der Waals surface area (Å²) >= 11 is 5.68. The molecule has 0 saturated heterocycles. The number of hydrogen-bond donors (Lipinski definition) is 1. The Morgan fingerprint density at radius 2 is 1.63 bits per heavy atom. The van der Waals surface area contributed by atoms with Crippen molar-refractivity contribution in [2.75, 3.05) is 0 Å². The highest BCUT2D eigenvalue weighted by Gasteiger charge is 2.10. The maximum absolute atomic E-state index is 13.4. The maximum atomic E-state index is 13.4. The van der Waals surface area contributed by atoms with E-state index in [2.05, 4.69) is 0 Å². The molecule has 19 heavy (non-hydrogen) atoms. The van der Waals surface area contributed by atoms with Gasteiger partial charge in [0.1, 0.15) is 11.6 Å². The lowest BCUT2D eigenvalue weighted by Crippen LogP contribution is -2.02. The fourth-order valence-electron chi connectivity index (χ4n) is 1.73. The average molecular weight is 283 g/mol. The Hall–Kier alpha value is -1.94. The van der Waals surface area contributed by atoms with E-state index >= 15 is 0 Å². The van der Waals surface area contributed by atoms with E-state index in [1.165, 1.54) is 36.4 Å². The van der Waals surface area contributed by atoms with Gasteiger partial charge in [-0.25, -0.2) is 8.78 Å². The Morgan fingerprint density at radius 3 is 2.21 bits per heavy atom. The van der Waals surface area contributed by atoms with E-state index in [1.54, 1.807) is 0 Å². The molecule has 2 aromatic carbocycles. The number of benzene rings is 2. The van der Waals surface area contributed by atoms with Crippen LogP contribution in [0.15, 0.2) is 36.4 Å². The molecular weight excluding hydrogens is 274 g/mol. The van der Waals surface area contributed by atoms with E-state index in [4.69, 9.17) is 16.7 Å². The summed E-state index contributed by atoms with van der Waals surface area (Å²) < 4.78 is 26.5. The molecule has 2 rings (SSSR count). The highest BCUT2D eigenvalue weighted by molar-refractivity contribution is 6.31. The molecule has 98 valence electrons. The van der Waals surface area contributed by atoms with Crippen LogP contribution in [0.25, 0.3) is 11.1 Å². The topological polar surface area (TPSA) is 37.3 Å². The zero-order valence-electron chi connectivity index (χ0n) is 9.66. The summed E-state index contributed by atoms with van der Waals surface area (Å²) in [5, 5.41) is 8.66. The quantitative estimate of drug-likeness (QED) is 0.926. The first-order valence-corrected chi connectivity index (χ1v) is 5.81. The third-order valence-corrected chi connectivity index (χ3v) is 2.93. The lowest BCUT2D eigenvalue weighted by atomic mass is 10.0. The normalized spacial score (nSPS) is 10.5. The molecule has 0 spiro atoms. The van der Waals surface area contributed by atoms with Crippen LogP contribution >= 0.6 is 11.6 Å². The van der Waals surface area contributed by atoms with Gasteiger partial charge in [-0.05, 0) is 41.0 Å². The van der Waals surface area contributed by atoms with Crippen molar-refractivity contribution in [2.45, 2.75) is 6.42 Å². The van der Waals surface area contributed by atoms with Crippen molar-refractivity contribution in [3.05, 3.63) is 58.6 Å². The summed E-state index contributed by atoms with van der Waals surface area (Å²) in [5.74, 6) is -2.24. The molecule has 0 atom stereocenters. The van der Waals surface area contributed by atoms with Crippen molar-refractivity contribution in [3.8, 4) is 11.1 Å². The minimum Gasteiger partial charge on any atom is -0.481 e. The van der Waals surface area contributed by atoms with Crippen LogP contribution in [-0.4, -0.2) is 11.1 Å². The average Bonchev–Trinajstić information content (AvgIpc) is 2.35. The number of carboxylic acids is 1. The standard InChI is InChI=1S/C14H9ClF2O2/c15-11-6-9(2-4-13(11)17)8-1-3-12(16)10(5-8)7-14(18)19/h1-6H,7H2,(H,18,19). The molecule has 0 bridgehead atoms. The third kappa shape index (κ3) is 3.09. The zero-order valence-corrected chi connectivity index (χ0v) is 10.4. The summed E-state index contributed by atoms with van der Waals surface area (Å²) in [6.45, 7) is 0. The molecule has 0 aliphatic rings. The predicted molar refractivity (Wildman–Crippen MR) is 68.1 cm³/mol. The number of carbonyl (C=O) groups is 1. The molecule has 0 radical (unpaired) electrons. The van der Waals surface area contributed by atoms with Crippen LogP contribution in [0.3, 0.4) is 0 Å². The predicted octanol–water partition coefficient (Wildman–Crippen LogP) is 3.91. The highest BCUT2D eigenvalue weighted by atomic mass is 35.5. The van der Waals surface area contributed by atoms with Crippen LogP contribution in [0.5, 0.6) is 0 Å². The van der Waals surface area contributed by atoms with Crippen LogP contribution in [0.4, 0.5) is 8.78 Å². The molecular formula is C14H9ClF2O2. The van der Waals surface area contributed by atoms with Crippen molar-refractivity contribution in [3.63, 3.8) is 0 Å². The molecule has 0 heterocycles. The van der Waals surface area contributed by atoms with Crippen molar-refractivity contribution in [1.82, 2.24) is 0 Å². The first-order valence-electron chi connectivity index (χ1n) is 5.43. The number of aliphatic carboxylic acids is 1. The summed E-state index contributed by atoms with van der Waals surface area (Å²) in [7, 11) is 0. The van der Waals surface area contributed by atoms with Crippen LogP contribution in [0.1, 0.15) is 5.56 Å². The molecule has 0 aliphatic heterocycles. The molecule has 0 aliphatic carbocycles. The van der Waals surface area contributed by atoms with Gasteiger partial charge in [0.25, 0.3) is 0 Å². The fourth-order valence-corrected chi connectivity index (χ4v) is 1.91. The van der Waals surface area contributed by atoms with Gasteiger partial charge < -0.3 is 5.11 Å². The lowest BCUT2D eigenvalue weighted by Gasteiger charge is -2.06. The van der Waals surface area contributed by atoms with E-state index in [0.717, 1.165) is 0 Å². The minimum absolute atomic E-state index is 0.0402. The van der Waals surface area contributed by atoms with Gasteiger partial charge >= 0.3 is 5.97 Å². The number of carboxylic acid groups (broad SMARTS) is 1. The summed E-state index contributed by atoms with van der Waals surface area (Å²) in [6.07, 6.45) is -0.408. The van der Waals surface area contributed by atoms with Crippen molar-refractivity contribution < 1.29 is 18.7 Å². The Balaban J connectivity index is 2.44. The van der Waals surface area contributed by atoms with Crippen LogP contribution < -0.4 is 0 Å². The van der Waals surface area contributed by atoms with E-state index < -0.39 is 24.0 Å². The van der Waals surface area contributed by atoms with Crippen molar-refractivity contribution in [2.24, 2.45) is 0 Å². The number of hydrogen-bond acceptors (Lipinski definition) is 1. The minimum atomic E-state index is -1.12. The monoisotopic (exact) mass is 282 g/mol.